The highest BCUT2D eigenvalue weighted by Crippen LogP contribution is 2.34. The second-order valence-electron chi connectivity index (χ2n) is 7.72. The molecule has 0 radical (unpaired) electrons. The first-order chi connectivity index (χ1) is 15.5. The number of Topliss-reactive ketones (excluding diaryl/α,β-unsaturated/α-hetero) is 1. The van der Waals surface area contributed by atoms with E-state index in [-0.39, 0.29) is 30.7 Å². The number of carbonyl (C=O) groups excluding carboxylic acids is 3. The number of rotatable bonds is 11. The molecule has 2 aromatic carbocycles. The Morgan fingerprint density at radius 2 is 1.81 bits per heavy atom. The summed E-state index contributed by atoms with van der Waals surface area (Å²) in [6.45, 7) is 2.37. The lowest BCUT2D eigenvalue weighted by Crippen LogP contribution is -2.47. The number of ketones is 1. The lowest BCUT2D eigenvalue weighted by Gasteiger charge is -2.34. The molecule has 1 aliphatic rings. The Balaban J connectivity index is 1.63. The summed E-state index contributed by atoms with van der Waals surface area (Å²) < 4.78 is 16.6. The highest BCUT2D eigenvalue weighted by molar-refractivity contribution is 6.00. The fourth-order valence-corrected chi connectivity index (χ4v) is 3.63. The van der Waals surface area contributed by atoms with Crippen LogP contribution in [-0.2, 0) is 25.5 Å². The van der Waals surface area contributed by atoms with Crippen molar-refractivity contribution in [2.45, 2.75) is 45.1 Å². The third-order valence-electron chi connectivity index (χ3n) is 5.30. The molecule has 0 saturated heterocycles. The van der Waals surface area contributed by atoms with Gasteiger partial charge in [-0.25, -0.2) is 0 Å². The second-order valence-corrected chi connectivity index (χ2v) is 7.72. The van der Waals surface area contributed by atoms with Crippen molar-refractivity contribution in [2.24, 2.45) is 0 Å². The quantitative estimate of drug-likeness (QED) is 0.392. The Morgan fingerprint density at radius 3 is 2.59 bits per heavy atom. The minimum absolute atomic E-state index is 0.113. The van der Waals surface area contributed by atoms with Gasteiger partial charge in [-0.15, -0.1) is 0 Å². The predicted octanol–water partition coefficient (Wildman–Crippen LogP) is 3.72. The van der Waals surface area contributed by atoms with Gasteiger partial charge < -0.3 is 23.9 Å². The molecule has 0 bridgehead atoms. The number of ether oxygens (including phenoxy) is 3. The standard InChI is InChI=1S/C25H29NO6/c1-18(27)9-7-8-15-26-20-11-4-6-13-22(20)32-23(25(26)29)14-16-31-21-12-5-3-10-19(21)17-24(28)30-2/h3-6,10-13,23H,7-9,14-17H2,1-2H3. The monoisotopic (exact) mass is 439 g/mol. The number of methoxy groups -OCH3 is 1. The van der Waals surface area contributed by atoms with Gasteiger partial charge in [0.25, 0.3) is 5.91 Å². The number of anilines is 1. The van der Waals surface area contributed by atoms with Gasteiger partial charge in [-0.1, -0.05) is 30.3 Å². The topological polar surface area (TPSA) is 82.1 Å². The zero-order chi connectivity index (χ0) is 22.9. The zero-order valence-corrected chi connectivity index (χ0v) is 18.5. The van der Waals surface area contributed by atoms with E-state index in [1.807, 2.05) is 42.5 Å². The van der Waals surface area contributed by atoms with Crippen LogP contribution in [0.3, 0.4) is 0 Å². The SMILES string of the molecule is COC(=O)Cc1ccccc1OCCC1Oc2ccccc2N(CCCCC(C)=O)C1=O. The Morgan fingerprint density at radius 1 is 1.06 bits per heavy atom. The van der Waals surface area contributed by atoms with E-state index in [0.717, 1.165) is 24.1 Å². The normalized spacial score (nSPS) is 15.0. The van der Waals surface area contributed by atoms with Crippen molar-refractivity contribution in [3.8, 4) is 11.5 Å². The average molecular weight is 440 g/mol. The van der Waals surface area contributed by atoms with Crippen molar-refractivity contribution in [3.05, 3.63) is 54.1 Å². The van der Waals surface area contributed by atoms with Crippen LogP contribution in [0.1, 0.15) is 38.2 Å². The van der Waals surface area contributed by atoms with E-state index in [4.69, 9.17) is 14.2 Å². The number of carbonyl (C=O) groups is 3. The van der Waals surface area contributed by atoms with Crippen molar-refractivity contribution in [1.29, 1.82) is 0 Å². The minimum atomic E-state index is -0.662. The summed E-state index contributed by atoms with van der Waals surface area (Å²) in [4.78, 5) is 37.7. The zero-order valence-electron chi connectivity index (χ0n) is 18.5. The van der Waals surface area contributed by atoms with Gasteiger partial charge in [0.15, 0.2) is 6.10 Å². The van der Waals surface area contributed by atoms with Crippen LogP contribution in [0.25, 0.3) is 0 Å². The molecule has 7 nitrogen and oxygen atoms in total. The summed E-state index contributed by atoms with van der Waals surface area (Å²) >= 11 is 0. The van der Waals surface area contributed by atoms with E-state index >= 15 is 0 Å². The second kappa shape index (κ2) is 11.3. The van der Waals surface area contributed by atoms with Crippen LogP contribution >= 0.6 is 0 Å². The number of hydrogen-bond acceptors (Lipinski definition) is 6. The summed E-state index contributed by atoms with van der Waals surface area (Å²) in [5.74, 6) is 0.945. The van der Waals surface area contributed by atoms with Gasteiger partial charge in [0.1, 0.15) is 17.3 Å². The summed E-state index contributed by atoms with van der Waals surface area (Å²) in [5, 5.41) is 0. The Hall–Kier alpha value is -3.35. The van der Waals surface area contributed by atoms with Crippen LogP contribution < -0.4 is 14.4 Å². The van der Waals surface area contributed by atoms with E-state index in [2.05, 4.69) is 0 Å². The Bertz CT molecular complexity index is 957. The molecule has 7 heteroatoms. The van der Waals surface area contributed by atoms with Crippen molar-refractivity contribution in [1.82, 2.24) is 0 Å². The van der Waals surface area contributed by atoms with Gasteiger partial charge in [0.2, 0.25) is 0 Å². The molecule has 0 spiro atoms. The number of fused-ring (bicyclic) bond motifs is 1. The van der Waals surface area contributed by atoms with Gasteiger partial charge in [-0.2, -0.15) is 0 Å². The maximum atomic E-state index is 13.1. The summed E-state index contributed by atoms with van der Waals surface area (Å²) in [7, 11) is 1.35. The molecular formula is C25H29NO6. The largest absolute Gasteiger partial charge is 0.493 e. The first-order valence-electron chi connectivity index (χ1n) is 10.8. The van der Waals surface area contributed by atoms with Gasteiger partial charge in [-0.3, -0.25) is 9.59 Å². The smallest absolute Gasteiger partial charge is 0.310 e. The Labute approximate surface area is 188 Å². The molecule has 1 unspecified atom stereocenters. The number of hydrogen-bond donors (Lipinski definition) is 0. The lowest BCUT2D eigenvalue weighted by atomic mass is 10.1. The molecule has 1 atom stereocenters. The van der Waals surface area contributed by atoms with Crippen LogP contribution in [0.2, 0.25) is 0 Å². The molecule has 1 aliphatic heterocycles. The average Bonchev–Trinajstić information content (AvgIpc) is 2.79. The van der Waals surface area contributed by atoms with Gasteiger partial charge in [0, 0.05) is 24.9 Å². The highest BCUT2D eigenvalue weighted by Gasteiger charge is 2.33. The van der Waals surface area contributed by atoms with E-state index in [0.29, 0.717) is 30.9 Å². The number of amides is 1. The first-order valence-corrected chi connectivity index (χ1v) is 10.8. The molecule has 0 fully saturated rings. The maximum absolute atomic E-state index is 13.1. The first kappa shape index (κ1) is 23.3. The maximum Gasteiger partial charge on any atom is 0.310 e. The van der Waals surface area contributed by atoms with Crippen molar-refractivity contribution in [3.63, 3.8) is 0 Å². The highest BCUT2D eigenvalue weighted by atomic mass is 16.5. The molecule has 0 aromatic heterocycles. The molecule has 1 amide bonds. The minimum Gasteiger partial charge on any atom is -0.493 e. The molecule has 0 aliphatic carbocycles. The van der Waals surface area contributed by atoms with Gasteiger partial charge in [0.05, 0.1) is 25.8 Å². The molecule has 3 rings (SSSR count). The van der Waals surface area contributed by atoms with E-state index in [1.54, 1.807) is 17.9 Å². The van der Waals surface area contributed by atoms with E-state index in [1.165, 1.54) is 7.11 Å². The fourth-order valence-electron chi connectivity index (χ4n) is 3.63. The molecule has 2 aromatic rings. The summed E-state index contributed by atoms with van der Waals surface area (Å²) in [6, 6.07) is 14.7. The number of para-hydroxylation sites is 3. The number of unbranched alkanes of at least 4 members (excludes halogenated alkanes) is 1. The molecule has 32 heavy (non-hydrogen) atoms. The van der Waals surface area contributed by atoms with Crippen LogP contribution in [-0.4, -0.2) is 44.0 Å². The van der Waals surface area contributed by atoms with Crippen molar-refractivity contribution < 1.29 is 28.6 Å². The predicted molar refractivity (Wildman–Crippen MR) is 120 cm³/mol. The van der Waals surface area contributed by atoms with E-state index in [9.17, 15) is 14.4 Å². The molecular weight excluding hydrogens is 410 g/mol. The summed E-state index contributed by atoms with van der Waals surface area (Å²) in [6.07, 6.45) is 1.82. The molecule has 0 saturated carbocycles. The van der Waals surface area contributed by atoms with Crippen LogP contribution in [0.4, 0.5) is 5.69 Å². The summed E-state index contributed by atoms with van der Waals surface area (Å²) in [5.41, 5.74) is 1.48. The Kier molecular flexibility index (Phi) is 8.25. The van der Waals surface area contributed by atoms with Crippen LogP contribution in [0.15, 0.2) is 48.5 Å². The van der Waals surface area contributed by atoms with E-state index < -0.39 is 6.10 Å². The number of benzene rings is 2. The van der Waals surface area contributed by atoms with Crippen molar-refractivity contribution in [2.75, 3.05) is 25.2 Å². The van der Waals surface area contributed by atoms with Gasteiger partial charge >= 0.3 is 5.97 Å². The lowest BCUT2D eigenvalue weighted by molar-refractivity contribution is -0.139. The van der Waals surface area contributed by atoms with Crippen LogP contribution in [0.5, 0.6) is 11.5 Å². The third-order valence-corrected chi connectivity index (χ3v) is 5.30. The van der Waals surface area contributed by atoms with Crippen LogP contribution in [0, 0.1) is 0 Å². The molecule has 0 N–H and O–H groups in total. The number of nitrogens with zero attached hydrogens (tertiary/aromatic N) is 1. The number of esters is 1. The van der Waals surface area contributed by atoms with Crippen molar-refractivity contribution >= 4 is 23.3 Å². The third kappa shape index (κ3) is 6.09. The fraction of sp³-hybridized carbons (Fsp3) is 0.400. The van der Waals surface area contributed by atoms with Gasteiger partial charge in [-0.05, 0) is 38.0 Å². The molecule has 170 valence electrons. The molecule has 1 heterocycles.